The second-order valence-electron chi connectivity index (χ2n) is 2.79. The number of carbonyl (C=O) groups excluding carboxylic acids is 1. The molecule has 70 valence electrons. The molecule has 0 saturated carbocycles. The first-order valence-corrected chi connectivity index (χ1v) is 3.80. The van der Waals surface area contributed by atoms with Crippen LogP contribution in [0.2, 0.25) is 0 Å². The zero-order valence-electron chi connectivity index (χ0n) is 7.63. The summed E-state index contributed by atoms with van der Waals surface area (Å²) in [5.74, 6) is -0.435. The molecule has 0 spiro atoms. The molecule has 4 heteroatoms. The standard InChI is InChI=1S/C9H12N2O2/c1-5-3-6(10)4-7(11)8(5)9(12)13-2/h3-4H,10-11H2,1-2H3. The molecule has 13 heavy (non-hydrogen) atoms. The third-order valence-electron chi connectivity index (χ3n) is 1.78. The van der Waals surface area contributed by atoms with Crippen LogP contribution in [0.25, 0.3) is 0 Å². The predicted octanol–water partition coefficient (Wildman–Crippen LogP) is 0.946. The number of rotatable bonds is 1. The molecule has 0 heterocycles. The van der Waals surface area contributed by atoms with Gasteiger partial charge in [-0.2, -0.15) is 0 Å². The van der Waals surface area contributed by atoms with Gasteiger partial charge in [-0.05, 0) is 24.6 Å². The van der Waals surface area contributed by atoms with Crippen LogP contribution in [0, 0.1) is 6.92 Å². The molecule has 4 nitrogen and oxygen atoms in total. The maximum Gasteiger partial charge on any atom is 0.340 e. The van der Waals surface area contributed by atoms with Crippen LogP contribution in [0.1, 0.15) is 15.9 Å². The lowest BCUT2D eigenvalue weighted by Gasteiger charge is -2.07. The van der Waals surface area contributed by atoms with Crippen LogP contribution in [0.5, 0.6) is 0 Å². The highest BCUT2D eigenvalue weighted by molar-refractivity contribution is 5.97. The predicted molar refractivity (Wildman–Crippen MR) is 51.3 cm³/mol. The Bertz CT molecular complexity index is 324. The van der Waals surface area contributed by atoms with Gasteiger partial charge in [0, 0.05) is 11.4 Å². The van der Waals surface area contributed by atoms with Gasteiger partial charge in [-0.25, -0.2) is 4.79 Å². The van der Waals surface area contributed by atoms with E-state index < -0.39 is 5.97 Å². The van der Waals surface area contributed by atoms with Gasteiger partial charge in [0.05, 0.1) is 12.7 Å². The SMILES string of the molecule is COC(=O)c1c(C)cc(N)cc1N. The summed E-state index contributed by atoms with van der Waals surface area (Å²) in [4.78, 5) is 11.2. The van der Waals surface area contributed by atoms with Crippen molar-refractivity contribution < 1.29 is 9.53 Å². The Morgan fingerprint density at radius 1 is 1.38 bits per heavy atom. The van der Waals surface area contributed by atoms with Crippen LogP contribution in [0.15, 0.2) is 12.1 Å². The topological polar surface area (TPSA) is 78.3 Å². The molecule has 1 rings (SSSR count). The lowest BCUT2D eigenvalue weighted by atomic mass is 10.1. The number of carbonyl (C=O) groups is 1. The summed E-state index contributed by atoms with van der Waals surface area (Å²) >= 11 is 0. The van der Waals surface area contributed by atoms with Crippen molar-refractivity contribution in [3.8, 4) is 0 Å². The zero-order valence-corrected chi connectivity index (χ0v) is 7.63. The summed E-state index contributed by atoms with van der Waals surface area (Å²) in [7, 11) is 1.32. The number of nitrogens with two attached hydrogens (primary N) is 2. The van der Waals surface area contributed by atoms with Crippen LogP contribution in [0.3, 0.4) is 0 Å². The van der Waals surface area contributed by atoms with Gasteiger partial charge in [-0.3, -0.25) is 0 Å². The van der Waals surface area contributed by atoms with Crippen molar-refractivity contribution in [1.29, 1.82) is 0 Å². The van der Waals surface area contributed by atoms with E-state index in [4.69, 9.17) is 11.5 Å². The number of methoxy groups -OCH3 is 1. The minimum absolute atomic E-state index is 0.351. The molecule has 0 aromatic heterocycles. The van der Waals surface area contributed by atoms with Crippen molar-refractivity contribution in [3.63, 3.8) is 0 Å². The largest absolute Gasteiger partial charge is 0.465 e. The Morgan fingerprint density at radius 2 is 2.00 bits per heavy atom. The Hall–Kier alpha value is -1.71. The number of hydrogen-bond donors (Lipinski definition) is 2. The van der Waals surface area contributed by atoms with Gasteiger partial charge in [-0.15, -0.1) is 0 Å². The molecular formula is C9H12N2O2. The third-order valence-corrected chi connectivity index (χ3v) is 1.78. The van der Waals surface area contributed by atoms with E-state index in [0.717, 1.165) is 5.56 Å². The van der Waals surface area contributed by atoms with Crippen molar-refractivity contribution in [2.24, 2.45) is 0 Å². The van der Waals surface area contributed by atoms with E-state index in [1.165, 1.54) is 7.11 Å². The zero-order chi connectivity index (χ0) is 10.0. The highest BCUT2D eigenvalue weighted by Gasteiger charge is 2.13. The Labute approximate surface area is 76.5 Å². The molecule has 0 atom stereocenters. The molecule has 4 N–H and O–H groups in total. The summed E-state index contributed by atoms with van der Waals surface area (Å²) < 4.78 is 4.58. The van der Waals surface area contributed by atoms with Crippen LogP contribution < -0.4 is 11.5 Å². The summed E-state index contributed by atoms with van der Waals surface area (Å²) in [6.45, 7) is 1.76. The van der Waals surface area contributed by atoms with Gasteiger partial charge < -0.3 is 16.2 Å². The number of nitrogen functional groups attached to an aromatic ring is 2. The monoisotopic (exact) mass is 180 g/mol. The van der Waals surface area contributed by atoms with Gasteiger partial charge in [0.2, 0.25) is 0 Å². The number of anilines is 2. The average molecular weight is 180 g/mol. The van der Waals surface area contributed by atoms with E-state index in [-0.39, 0.29) is 0 Å². The molecule has 0 amide bonds. The van der Waals surface area contributed by atoms with Crippen molar-refractivity contribution in [2.75, 3.05) is 18.6 Å². The molecule has 0 aliphatic carbocycles. The summed E-state index contributed by atoms with van der Waals surface area (Å²) in [5, 5.41) is 0. The number of hydrogen-bond acceptors (Lipinski definition) is 4. The third kappa shape index (κ3) is 1.72. The first-order chi connectivity index (χ1) is 6.06. The van der Waals surface area contributed by atoms with E-state index in [0.29, 0.717) is 16.9 Å². The molecular weight excluding hydrogens is 168 g/mol. The fourth-order valence-electron chi connectivity index (χ4n) is 1.22. The van der Waals surface area contributed by atoms with Crippen molar-refractivity contribution >= 4 is 17.3 Å². The highest BCUT2D eigenvalue weighted by atomic mass is 16.5. The second kappa shape index (κ2) is 3.35. The molecule has 0 fully saturated rings. The molecule has 0 aliphatic rings. The molecule has 1 aromatic rings. The van der Waals surface area contributed by atoms with E-state index in [9.17, 15) is 4.79 Å². The fraction of sp³-hybridized carbons (Fsp3) is 0.222. The van der Waals surface area contributed by atoms with Gasteiger partial charge >= 0.3 is 5.97 Å². The first-order valence-electron chi connectivity index (χ1n) is 3.80. The average Bonchev–Trinajstić information content (AvgIpc) is 2.02. The molecule has 0 bridgehead atoms. The first kappa shape index (κ1) is 9.38. The summed E-state index contributed by atoms with van der Waals surface area (Å²) in [6, 6.07) is 3.22. The van der Waals surface area contributed by atoms with Crippen molar-refractivity contribution in [1.82, 2.24) is 0 Å². The van der Waals surface area contributed by atoms with Crippen molar-refractivity contribution in [3.05, 3.63) is 23.3 Å². The lowest BCUT2D eigenvalue weighted by Crippen LogP contribution is -2.08. The fourth-order valence-corrected chi connectivity index (χ4v) is 1.22. The van der Waals surface area contributed by atoms with Gasteiger partial charge in [0.1, 0.15) is 0 Å². The van der Waals surface area contributed by atoms with Crippen LogP contribution in [-0.2, 0) is 4.74 Å². The van der Waals surface area contributed by atoms with Crippen LogP contribution >= 0.6 is 0 Å². The number of benzene rings is 1. The van der Waals surface area contributed by atoms with E-state index in [1.54, 1.807) is 19.1 Å². The van der Waals surface area contributed by atoms with E-state index in [2.05, 4.69) is 4.74 Å². The highest BCUT2D eigenvalue weighted by Crippen LogP contribution is 2.21. The maximum absolute atomic E-state index is 11.2. The van der Waals surface area contributed by atoms with Gasteiger partial charge in [-0.1, -0.05) is 0 Å². The summed E-state index contributed by atoms with van der Waals surface area (Å²) in [6.07, 6.45) is 0. The number of ether oxygens (including phenoxy) is 1. The van der Waals surface area contributed by atoms with Gasteiger partial charge in [0.15, 0.2) is 0 Å². The normalized spacial score (nSPS) is 9.69. The quantitative estimate of drug-likeness (QED) is 0.498. The smallest absolute Gasteiger partial charge is 0.340 e. The van der Waals surface area contributed by atoms with Crippen molar-refractivity contribution in [2.45, 2.75) is 6.92 Å². The van der Waals surface area contributed by atoms with Crippen LogP contribution in [0.4, 0.5) is 11.4 Å². The van der Waals surface area contributed by atoms with Crippen LogP contribution in [-0.4, -0.2) is 13.1 Å². The maximum atomic E-state index is 11.2. The Kier molecular flexibility index (Phi) is 2.41. The molecule has 0 radical (unpaired) electrons. The van der Waals surface area contributed by atoms with E-state index in [1.807, 2.05) is 0 Å². The molecule has 1 aromatic carbocycles. The Balaban J connectivity index is 3.28. The molecule has 0 unspecified atom stereocenters. The van der Waals surface area contributed by atoms with E-state index >= 15 is 0 Å². The minimum atomic E-state index is -0.435. The van der Waals surface area contributed by atoms with Gasteiger partial charge in [0.25, 0.3) is 0 Å². The second-order valence-corrected chi connectivity index (χ2v) is 2.79. The number of aryl methyl sites for hydroxylation is 1. The minimum Gasteiger partial charge on any atom is -0.465 e. The molecule has 0 saturated heterocycles. The Morgan fingerprint density at radius 3 is 2.46 bits per heavy atom. The lowest BCUT2D eigenvalue weighted by molar-refractivity contribution is 0.0601. The summed E-state index contributed by atoms with van der Waals surface area (Å²) in [5.41, 5.74) is 13.2. The molecule has 0 aliphatic heterocycles. The number of esters is 1.